The molecule has 5 heteroatoms. The SMILES string of the molecule is CCOc1ccc(CCC(=O)NCCOC)cc1N. The molecule has 0 heterocycles. The highest BCUT2D eigenvalue weighted by Gasteiger charge is 2.04. The Morgan fingerprint density at radius 1 is 1.42 bits per heavy atom. The Kier molecular flexibility index (Phi) is 6.74. The Hall–Kier alpha value is -1.75. The normalized spacial score (nSPS) is 10.2. The summed E-state index contributed by atoms with van der Waals surface area (Å²) in [6.45, 7) is 3.58. The molecule has 0 saturated heterocycles. The van der Waals surface area contributed by atoms with E-state index in [0.717, 1.165) is 5.56 Å². The Bertz CT molecular complexity index is 408. The third-order valence-electron chi connectivity index (χ3n) is 2.64. The molecule has 106 valence electrons. The van der Waals surface area contributed by atoms with Gasteiger partial charge in [0.15, 0.2) is 0 Å². The van der Waals surface area contributed by atoms with Crippen molar-refractivity contribution in [3.05, 3.63) is 23.8 Å². The van der Waals surface area contributed by atoms with Gasteiger partial charge < -0.3 is 20.5 Å². The van der Waals surface area contributed by atoms with Crippen molar-refractivity contribution < 1.29 is 14.3 Å². The molecule has 0 aromatic heterocycles. The second kappa shape index (κ2) is 8.37. The molecule has 19 heavy (non-hydrogen) atoms. The Morgan fingerprint density at radius 2 is 2.21 bits per heavy atom. The first-order valence-corrected chi connectivity index (χ1v) is 6.44. The van der Waals surface area contributed by atoms with Crippen molar-refractivity contribution in [1.29, 1.82) is 0 Å². The number of nitrogens with one attached hydrogen (secondary N) is 1. The van der Waals surface area contributed by atoms with Crippen LogP contribution in [0.2, 0.25) is 0 Å². The fraction of sp³-hybridized carbons (Fsp3) is 0.500. The zero-order chi connectivity index (χ0) is 14.1. The summed E-state index contributed by atoms with van der Waals surface area (Å²) in [5, 5.41) is 2.78. The summed E-state index contributed by atoms with van der Waals surface area (Å²) >= 11 is 0. The monoisotopic (exact) mass is 266 g/mol. The average molecular weight is 266 g/mol. The van der Waals surface area contributed by atoms with Crippen LogP contribution in [0.5, 0.6) is 5.75 Å². The largest absolute Gasteiger partial charge is 0.492 e. The van der Waals surface area contributed by atoms with Gasteiger partial charge >= 0.3 is 0 Å². The topological polar surface area (TPSA) is 73.6 Å². The van der Waals surface area contributed by atoms with Crippen LogP contribution in [0.25, 0.3) is 0 Å². The third-order valence-corrected chi connectivity index (χ3v) is 2.64. The van der Waals surface area contributed by atoms with Crippen molar-refractivity contribution in [2.75, 3.05) is 32.6 Å². The summed E-state index contributed by atoms with van der Waals surface area (Å²) in [4.78, 5) is 11.5. The van der Waals surface area contributed by atoms with Crippen molar-refractivity contribution in [3.8, 4) is 5.75 Å². The van der Waals surface area contributed by atoms with Crippen LogP contribution in [-0.4, -0.2) is 32.8 Å². The minimum Gasteiger partial charge on any atom is -0.492 e. The number of ether oxygens (including phenoxy) is 2. The first-order valence-electron chi connectivity index (χ1n) is 6.44. The van der Waals surface area contributed by atoms with Gasteiger partial charge in [-0.05, 0) is 31.0 Å². The molecule has 1 aromatic rings. The number of hydrogen-bond acceptors (Lipinski definition) is 4. The van der Waals surface area contributed by atoms with Gasteiger partial charge in [0.25, 0.3) is 0 Å². The Morgan fingerprint density at radius 3 is 2.84 bits per heavy atom. The lowest BCUT2D eigenvalue weighted by atomic mass is 10.1. The quantitative estimate of drug-likeness (QED) is 0.550. The van der Waals surface area contributed by atoms with Crippen LogP contribution >= 0.6 is 0 Å². The van der Waals surface area contributed by atoms with E-state index in [4.69, 9.17) is 15.2 Å². The van der Waals surface area contributed by atoms with Crippen LogP contribution in [0.4, 0.5) is 5.69 Å². The van der Waals surface area contributed by atoms with E-state index >= 15 is 0 Å². The first kappa shape index (κ1) is 15.3. The Balaban J connectivity index is 2.41. The van der Waals surface area contributed by atoms with Gasteiger partial charge in [0, 0.05) is 20.1 Å². The fourth-order valence-electron chi connectivity index (χ4n) is 1.68. The highest BCUT2D eigenvalue weighted by Crippen LogP contribution is 2.23. The second-order valence-corrected chi connectivity index (χ2v) is 4.15. The van der Waals surface area contributed by atoms with Crippen LogP contribution in [0.1, 0.15) is 18.9 Å². The molecule has 5 nitrogen and oxygen atoms in total. The summed E-state index contributed by atoms with van der Waals surface area (Å²) in [5.41, 5.74) is 7.51. The first-order chi connectivity index (χ1) is 9.17. The van der Waals surface area contributed by atoms with Crippen molar-refractivity contribution in [2.45, 2.75) is 19.8 Å². The van der Waals surface area contributed by atoms with Gasteiger partial charge in [0.2, 0.25) is 5.91 Å². The van der Waals surface area contributed by atoms with Crippen molar-refractivity contribution in [1.82, 2.24) is 5.32 Å². The number of methoxy groups -OCH3 is 1. The van der Waals surface area contributed by atoms with E-state index in [2.05, 4.69) is 5.32 Å². The van der Waals surface area contributed by atoms with E-state index in [9.17, 15) is 4.79 Å². The molecule has 0 bridgehead atoms. The van der Waals surface area contributed by atoms with Crippen molar-refractivity contribution >= 4 is 11.6 Å². The molecule has 0 saturated carbocycles. The molecular formula is C14H22N2O3. The highest BCUT2D eigenvalue weighted by atomic mass is 16.5. The summed E-state index contributed by atoms with van der Waals surface area (Å²) in [6.07, 6.45) is 1.10. The minimum absolute atomic E-state index is 0.0181. The lowest BCUT2D eigenvalue weighted by Gasteiger charge is -2.09. The summed E-state index contributed by atoms with van der Waals surface area (Å²) in [5.74, 6) is 0.709. The van der Waals surface area contributed by atoms with Crippen LogP contribution in [0.3, 0.4) is 0 Å². The molecule has 0 spiro atoms. The van der Waals surface area contributed by atoms with Crippen LogP contribution in [0, 0.1) is 0 Å². The van der Waals surface area contributed by atoms with Gasteiger partial charge in [-0.25, -0.2) is 0 Å². The van der Waals surface area contributed by atoms with Gasteiger partial charge in [-0.15, -0.1) is 0 Å². The number of anilines is 1. The van der Waals surface area contributed by atoms with Gasteiger partial charge in [-0.1, -0.05) is 6.07 Å². The average Bonchev–Trinajstić information content (AvgIpc) is 2.40. The summed E-state index contributed by atoms with van der Waals surface area (Å²) in [7, 11) is 1.61. The van der Waals surface area contributed by atoms with Gasteiger partial charge in [-0.2, -0.15) is 0 Å². The lowest BCUT2D eigenvalue weighted by molar-refractivity contribution is -0.121. The third kappa shape index (κ3) is 5.61. The molecule has 0 atom stereocenters. The predicted octanol–water partition coefficient (Wildman–Crippen LogP) is 1.36. The number of rotatable bonds is 8. The smallest absolute Gasteiger partial charge is 0.220 e. The van der Waals surface area contributed by atoms with E-state index in [-0.39, 0.29) is 5.91 Å². The molecule has 0 fully saturated rings. The lowest BCUT2D eigenvalue weighted by Crippen LogP contribution is -2.27. The van der Waals surface area contributed by atoms with E-state index < -0.39 is 0 Å². The second-order valence-electron chi connectivity index (χ2n) is 4.15. The maximum atomic E-state index is 11.5. The van der Waals surface area contributed by atoms with E-state index in [0.29, 0.717) is 44.0 Å². The molecule has 1 rings (SSSR count). The van der Waals surface area contributed by atoms with Crippen LogP contribution < -0.4 is 15.8 Å². The molecule has 0 aliphatic heterocycles. The molecule has 0 aliphatic rings. The number of benzene rings is 1. The molecule has 0 aliphatic carbocycles. The number of nitrogen functional groups attached to an aromatic ring is 1. The number of amides is 1. The van der Waals surface area contributed by atoms with Gasteiger partial charge in [0.1, 0.15) is 5.75 Å². The molecule has 1 aromatic carbocycles. The number of nitrogens with two attached hydrogens (primary N) is 1. The van der Waals surface area contributed by atoms with E-state index in [1.165, 1.54) is 0 Å². The van der Waals surface area contributed by atoms with Gasteiger partial charge in [0.05, 0.1) is 18.9 Å². The zero-order valence-electron chi connectivity index (χ0n) is 11.6. The summed E-state index contributed by atoms with van der Waals surface area (Å²) < 4.78 is 10.2. The van der Waals surface area contributed by atoms with E-state index in [1.54, 1.807) is 7.11 Å². The number of aryl methyl sites for hydroxylation is 1. The van der Waals surface area contributed by atoms with Crippen molar-refractivity contribution in [3.63, 3.8) is 0 Å². The minimum atomic E-state index is 0.0181. The molecule has 0 radical (unpaired) electrons. The molecule has 3 N–H and O–H groups in total. The summed E-state index contributed by atoms with van der Waals surface area (Å²) in [6, 6.07) is 5.63. The van der Waals surface area contributed by atoms with Crippen LogP contribution in [0.15, 0.2) is 18.2 Å². The van der Waals surface area contributed by atoms with Gasteiger partial charge in [-0.3, -0.25) is 4.79 Å². The number of carbonyl (C=O) groups excluding carboxylic acids is 1. The predicted molar refractivity (Wildman–Crippen MR) is 75.2 cm³/mol. The number of carbonyl (C=O) groups is 1. The maximum Gasteiger partial charge on any atom is 0.220 e. The standard InChI is InChI=1S/C14H22N2O3/c1-3-19-13-6-4-11(10-12(13)15)5-7-14(17)16-8-9-18-2/h4,6,10H,3,5,7-9,15H2,1-2H3,(H,16,17). The van der Waals surface area contributed by atoms with Crippen molar-refractivity contribution in [2.24, 2.45) is 0 Å². The highest BCUT2D eigenvalue weighted by molar-refractivity contribution is 5.76. The fourth-order valence-corrected chi connectivity index (χ4v) is 1.68. The molecule has 0 unspecified atom stereocenters. The zero-order valence-corrected chi connectivity index (χ0v) is 11.6. The van der Waals surface area contributed by atoms with E-state index in [1.807, 2.05) is 25.1 Å². The Labute approximate surface area is 114 Å². The van der Waals surface area contributed by atoms with Crippen LogP contribution in [-0.2, 0) is 16.0 Å². The maximum absolute atomic E-state index is 11.5. The molecular weight excluding hydrogens is 244 g/mol. The number of hydrogen-bond donors (Lipinski definition) is 2. The molecule has 1 amide bonds.